The topological polar surface area (TPSA) is 17.8 Å². The summed E-state index contributed by atoms with van der Waals surface area (Å²) in [6.45, 7) is 0. The maximum absolute atomic E-state index is 4.15. The second-order valence-corrected chi connectivity index (χ2v) is 3.95. The molecular formula is C11H12N2S. The lowest BCUT2D eigenvalue weighted by Crippen LogP contribution is -1.92. The maximum atomic E-state index is 4.15. The zero-order valence-electron chi connectivity index (χ0n) is 8.27. The molecule has 0 bridgehead atoms. The monoisotopic (exact) mass is 204 g/mol. The van der Waals surface area contributed by atoms with Gasteiger partial charge in [-0.15, -0.1) is 11.8 Å². The van der Waals surface area contributed by atoms with Crippen molar-refractivity contribution in [3.63, 3.8) is 0 Å². The van der Waals surface area contributed by atoms with Crippen molar-refractivity contribution in [3.05, 3.63) is 36.5 Å². The van der Waals surface area contributed by atoms with E-state index < -0.39 is 0 Å². The number of thioether (sulfide) groups is 1. The third-order valence-electron chi connectivity index (χ3n) is 2.21. The van der Waals surface area contributed by atoms with Crippen LogP contribution in [0.15, 0.2) is 41.4 Å². The minimum atomic E-state index is 1.15. The number of nitrogens with zero attached hydrogens (tertiary/aromatic N) is 2. The highest BCUT2D eigenvalue weighted by Gasteiger charge is 2.01. The Balaban J connectivity index is 2.39. The summed E-state index contributed by atoms with van der Waals surface area (Å²) in [6, 6.07) is 10.5. The van der Waals surface area contributed by atoms with Crippen molar-refractivity contribution >= 4 is 11.8 Å². The van der Waals surface area contributed by atoms with Gasteiger partial charge in [0.05, 0.1) is 5.69 Å². The number of benzene rings is 1. The Morgan fingerprint density at radius 2 is 1.86 bits per heavy atom. The molecule has 0 saturated heterocycles. The molecule has 0 radical (unpaired) electrons. The summed E-state index contributed by atoms with van der Waals surface area (Å²) in [6.07, 6.45) is 3.90. The molecule has 0 saturated carbocycles. The fourth-order valence-corrected chi connectivity index (χ4v) is 1.83. The highest BCUT2D eigenvalue weighted by molar-refractivity contribution is 7.98. The van der Waals surface area contributed by atoms with Gasteiger partial charge in [-0.25, -0.2) is 0 Å². The highest BCUT2D eigenvalue weighted by atomic mass is 32.2. The molecule has 3 heteroatoms. The summed E-state index contributed by atoms with van der Waals surface area (Å²) >= 11 is 1.76. The fourth-order valence-electron chi connectivity index (χ4n) is 1.42. The van der Waals surface area contributed by atoms with Crippen LogP contribution in [0.5, 0.6) is 0 Å². The molecule has 0 amide bonds. The maximum Gasteiger partial charge on any atom is 0.0678 e. The van der Waals surface area contributed by atoms with Gasteiger partial charge in [-0.1, -0.05) is 12.1 Å². The average Bonchev–Trinajstić information content (AvgIpc) is 2.65. The number of aryl methyl sites for hydroxylation is 1. The van der Waals surface area contributed by atoms with Crippen LogP contribution in [0, 0.1) is 0 Å². The lowest BCUT2D eigenvalue weighted by atomic mass is 10.1. The second kappa shape index (κ2) is 3.88. The van der Waals surface area contributed by atoms with E-state index in [9.17, 15) is 0 Å². The number of hydrogen-bond acceptors (Lipinski definition) is 2. The van der Waals surface area contributed by atoms with Crippen LogP contribution >= 0.6 is 11.8 Å². The number of aromatic nitrogens is 2. The zero-order chi connectivity index (χ0) is 9.97. The molecule has 0 aliphatic heterocycles. The third kappa shape index (κ3) is 1.68. The largest absolute Gasteiger partial charge is 0.268 e. The van der Waals surface area contributed by atoms with Crippen molar-refractivity contribution in [2.75, 3.05) is 6.26 Å². The normalized spacial score (nSPS) is 10.4. The van der Waals surface area contributed by atoms with Crippen molar-refractivity contribution in [2.24, 2.45) is 7.05 Å². The van der Waals surface area contributed by atoms with Crippen LogP contribution in [-0.2, 0) is 7.05 Å². The number of hydrogen-bond donors (Lipinski definition) is 0. The van der Waals surface area contributed by atoms with Gasteiger partial charge in [0.1, 0.15) is 0 Å². The third-order valence-corrected chi connectivity index (χ3v) is 2.95. The van der Waals surface area contributed by atoms with Crippen LogP contribution in [-0.4, -0.2) is 16.0 Å². The molecule has 0 spiro atoms. The quantitative estimate of drug-likeness (QED) is 0.700. The Morgan fingerprint density at radius 1 is 1.14 bits per heavy atom. The minimum absolute atomic E-state index is 1.15. The van der Waals surface area contributed by atoms with E-state index in [1.165, 1.54) is 10.5 Å². The number of rotatable bonds is 2. The standard InChI is InChI=1S/C11H12N2S/c1-13-11(7-8-12-13)9-3-5-10(14-2)6-4-9/h3-8H,1-2H3. The van der Waals surface area contributed by atoms with E-state index in [1.807, 2.05) is 24.0 Å². The van der Waals surface area contributed by atoms with Gasteiger partial charge in [-0.05, 0) is 30.0 Å². The van der Waals surface area contributed by atoms with E-state index in [4.69, 9.17) is 0 Å². The van der Waals surface area contributed by atoms with Gasteiger partial charge in [-0.2, -0.15) is 5.10 Å². The van der Waals surface area contributed by atoms with Gasteiger partial charge in [0.2, 0.25) is 0 Å². The molecule has 14 heavy (non-hydrogen) atoms. The van der Waals surface area contributed by atoms with E-state index in [-0.39, 0.29) is 0 Å². The van der Waals surface area contributed by atoms with Crippen molar-refractivity contribution in [3.8, 4) is 11.3 Å². The molecule has 2 aromatic rings. The predicted molar refractivity (Wildman–Crippen MR) is 60.4 cm³/mol. The first-order valence-electron chi connectivity index (χ1n) is 4.43. The van der Waals surface area contributed by atoms with Gasteiger partial charge in [0, 0.05) is 18.1 Å². The molecule has 0 unspecified atom stereocenters. The smallest absolute Gasteiger partial charge is 0.0678 e. The summed E-state index contributed by atoms with van der Waals surface area (Å²) < 4.78 is 1.88. The molecule has 0 aliphatic rings. The SMILES string of the molecule is CSc1ccc(-c2ccnn2C)cc1. The van der Waals surface area contributed by atoms with Crippen molar-refractivity contribution in [1.29, 1.82) is 0 Å². The first kappa shape index (κ1) is 9.34. The Hall–Kier alpha value is -1.22. The van der Waals surface area contributed by atoms with E-state index in [1.54, 1.807) is 11.8 Å². The van der Waals surface area contributed by atoms with Crippen LogP contribution in [0.4, 0.5) is 0 Å². The molecule has 0 fully saturated rings. The van der Waals surface area contributed by atoms with Crippen LogP contribution < -0.4 is 0 Å². The van der Waals surface area contributed by atoms with E-state index in [0.29, 0.717) is 0 Å². The van der Waals surface area contributed by atoms with Gasteiger partial charge in [-0.3, -0.25) is 4.68 Å². The first-order valence-corrected chi connectivity index (χ1v) is 5.66. The van der Waals surface area contributed by atoms with Crippen molar-refractivity contribution in [2.45, 2.75) is 4.90 Å². The van der Waals surface area contributed by atoms with Crippen LogP contribution in [0.25, 0.3) is 11.3 Å². The molecule has 1 heterocycles. The van der Waals surface area contributed by atoms with Crippen LogP contribution in [0.3, 0.4) is 0 Å². The van der Waals surface area contributed by atoms with Gasteiger partial charge in [0.25, 0.3) is 0 Å². The molecular weight excluding hydrogens is 192 g/mol. The lowest BCUT2D eigenvalue weighted by molar-refractivity contribution is 0.776. The molecule has 0 N–H and O–H groups in total. The van der Waals surface area contributed by atoms with Crippen LogP contribution in [0.2, 0.25) is 0 Å². The summed E-state index contributed by atoms with van der Waals surface area (Å²) in [4.78, 5) is 1.29. The summed E-state index contributed by atoms with van der Waals surface area (Å²) in [5.74, 6) is 0. The Morgan fingerprint density at radius 3 is 2.36 bits per heavy atom. The molecule has 1 aromatic carbocycles. The molecule has 0 atom stereocenters. The summed E-state index contributed by atoms with van der Waals surface area (Å²) in [7, 11) is 1.96. The van der Waals surface area contributed by atoms with E-state index >= 15 is 0 Å². The zero-order valence-corrected chi connectivity index (χ0v) is 9.08. The van der Waals surface area contributed by atoms with E-state index in [2.05, 4.69) is 35.6 Å². The molecule has 1 aromatic heterocycles. The highest BCUT2D eigenvalue weighted by Crippen LogP contribution is 2.21. The molecule has 72 valence electrons. The fraction of sp³-hybridized carbons (Fsp3) is 0.182. The van der Waals surface area contributed by atoms with Gasteiger partial charge < -0.3 is 0 Å². The Bertz CT molecular complexity index is 417. The van der Waals surface area contributed by atoms with Crippen molar-refractivity contribution < 1.29 is 0 Å². The Kier molecular flexibility index (Phi) is 2.59. The van der Waals surface area contributed by atoms with E-state index in [0.717, 1.165) is 5.69 Å². The predicted octanol–water partition coefficient (Wildman–Crippen LogP) is 2.81. The van der Waals surface area contributed by atoms with Gasteiger partial charge in [0.15, 0.2) is 0 Å². The van der Waals surface area contributed by atoms with Crippen molar-refractivity contribution in [1.82, 2.24) is 9.78 Å². The first-order chi connectivity index (χ1) is 6.81. The molecule has 2 rings (SSSR count). The average molecular weight is 204 g/mol. The van der Waals surface area contributed by atoms with Gasteiger partial charge >= 0.3 is 0 Å². The molecule has 0 aliphatic carbocycles. The Labute approximate surface area is 87.9 Å². The van der Waals surface area contributed by atoms with Crippen LogP contribution in [0.1, 0.15) is 0 Å². The summed E-state index contributed by atoms with van der Waals surface area (Å²) in [5, 5.41) is 4.15. The minimum Gasteiger partial charge on any atom is -0.268 e. The lowest BCUT2D eigenvalue weighted by Gasteiger charge is -2.02. The molecule has 2 nitrogen and oxygen atoms in total. The second-order valence-electron chi connectivity index (χ2n) is 3.07. The summed E-state index contributed by atoms with van der Waals surface area (Å²) in [5.41, 5.74) is 2.36.